The van der Waals surface area contributed by atoms with Crippen molar-refractivity contribution in [1.29, 1.82) is 0 Å². The largest absolute Gasteiger partial charge is 0.383 e. The number of nitrogens with one attached hydrogen (secondary N) is 1. The second-order valence-corrected chi connectivity index (χ2v) is 4.38. The van der Waals surface area contributed by atoms with Gasteiger partial charge in [0.05, 0.1) is 12.1 Å². The average molecular weight is 245 g/mol. The molecular formula is C13H19N5. The van der Waals surface area contributed by atoms with Crippen molar-refractivity contribution in [3.63, 3.8) is 0 Å². The van der Waals surface area contributed by atoms with Gasteiger partial charge in [0, 0.05) is 18.5 Å². The summed E-state index contributed by atoms with van der Waals surface area (Å²) in [5, 5.41) is 4.03. The number of likely N-dealkylation sites (N-methyl/N-ethyl adjacent to an activating group) is 2. The first kappa shape index (κ1) is 12.7. The van der Waals surface area contributed by atoms with Crippen molar-refractivity contribution >= 4 is 16.7 Å². The highest BCUT2D eigenvalue weighted by Gasteiger charge is 2.06. The van der Waals surface area contributed by atoms with Gasteiger partial charge in [-0.2, -0.15) is 0 Å². The molecule has 0 atom stereocenters. The fourth-order valence-electron chi connectivity index (χ4n) is 1.84. The molecule has 0 spiro atoms. The molecule has 0 radical (unpaired) electrons. The van der Waals surface area contributed by atoms with Crippen molar-refractivity contribution in [2.45, 2.75) is 6.54 Å². The number of anilines is 1. The van der Waals surface area contributed by atoms with E-state index in [1.54, 1.807) is 0 Å². The van der Waals surface area contributed by atoms with Gasteiger partial charge in [-0.25, -0.2) is 9.97 Å². The summed E-state index contributed by atoms with van der Waals surface area (Å²) < 4.78 is 0. The molecule has 1 heterocycles. The number of nitrogens with two attached hydrogens (primary N) is 1. The summed E-state index contributed by atoms with van der Waals surface area (Å²) >= 11 is 0. The molecule has 96 valence electrons. The average Bonchev–Trinajstić information content (AvgIpc) is 2.36. The minimum atomic E-state index is 0.553. The summed E-state index contributed by atoms with van der Waals surface area (Å²) in [6, 6.07) is 7.81. The maximum atomic E-state index is 5.95. The van der Waals surface area contributed by atoms with E-state index < -0.39 is 0 Å². The zero-order valence-corrected chi connectivity index (χ0v) is 10.8. The van der Waals surface area contributed by atoms with Crippen molar-refractivity contribution < 1.29 is 0 Å². The number of nitrogen functional groups attached to an aromatic ring is 1. The normalized spacial score (nSPS) is 11.3. The lowest BCUT2D eigenvalue weighted by atomic mass is 10.2. The van der Waals surface area contributed by atoms with Crippen LogP contribution in [0.3, 0.4) is 0 Å². The molecule has 0 aliphatic rings. The second-order valence-electron chi connectivity index (χ2n) is 4.38. The van der Waals surface area contributed by atoms with E-state index in [9.17, 15) is 0 Å². The molecule has 0 unspecified atom stereocenters. The minimum Gasteiger partial charge on any atom is -0.383 e. The van der Waals surface area contributed by atoms with Crippen LogP contribution in [0.25, 0.3) is 10.9 Å². The summed E-state index contributed by atoms with van der Waals surface area (Å²) in [5.41, 5.74) is 6.86. The Kier molecular flexibility index (Phi) is 4.07. The van der Waals surface area contributed by atoms with Crippen LogP contribution >= 0.6 is 0 Å². The highest BCUT2D eigenvalue weighted by atomic mass is 15.1. The Labute approximate surface area is 107 Å². The standard InChI is InChI=1S/C13H19N5/c1-15-7-8-18(2)9-12-16-11-6-4-3-5-10(11)13(14)17-12/h3-6,15H,7-9H2,1-2H3,(H2,14,16,17). The quantitative estimate of drug-likeness (QED) is 0.818. The molecule has 0 bridgehead atoms. The number of para-hydroxylation sites is 1. The van der Waals surface area contributed by atoms with Gasteiger partial charge in [0.15, 0.2) is 0 Å². The molecule has 0 amide bonds. The van der Waals surface area contributed by atoms with Crippen LogP contribution in [0.15, 0.2) is 24.3 Å². The zero-order valence-electron chi connectivity index (χ0n) is 10.8. The third-order valence-electron chi connectivity index (χ3n) is 2.83. The van der Waals surface area contributed by atoms with E-state index in [-0.39, 0.29) is 0 Å². The molecule has 18 heavy (non-hydrogen) atoms. The van der Waals surface area contributed by atoms with Crippen molar-refractivity contribution in [3.8, 4) is 0 Å². The van der Waals surface area contributed by atoms with Gasteiger partial charge in [-0.1, -0.05) is 12.1 Å². The van der Waals surface area contributed by atoms with Gasteiger partial charge in [-0.05, 0) is 26.2 Å². The zero-order chi connectivity index (χ0) is 13.0. The molecule has 1 aromatic heterocycles. The van der Waals surface area contributed by atoms with Crippen molar-refractivity contribution in [2.75, 3.05) is 32.9 Å². The van der Waals surface area contributed by atoms with E-state index in [0.29, 0.717) is 12.4 Å². The van der Waals surface area contributed by atoms with Gasteiger partial charge >= 0.3 is 0 Å². The van der Waals surface area contributed by atoms with Crippen LogP contribution in [-0.4, -0.2) is 42.1 Å². The van der Waals surface area contributed by atoms with E-state index in [0.717, 1.165) is 29.8 Å². The topological polar surface area (TPSA) is 67.1 Å². The lowest BCUT2D eigenvalue weighted by molar-refractivity contribution is 0.320. The smallest absolute Gasteiger partial charge is 0.145 e. The van der Waals surface area contributed by atoms with Crippen LogP contribution in [0.5, 0.6) is 0 Å². The third kappa shape index (κ3) is 2.94. The highest BCUT2D eigenvalue weighted by molar-refractivity contribution is 5.87. The van der Waals surface area contributed by atoms with Crippen molar-refractivity contribution in [1.82, 2.24) is 20.2 Å². The number of hydrogen-bond donors (Lipinski definition) is 2. The van der Waals surface area contributed by atoms with Gasteiger partial charge in [-0.3, -0.25) is 4.90 Å². The Bertz CT molecular complexity index is 526. The molecule has 5 nitrogen and oxygen atoms in total. The Morgan fingerprint density at radius 3 is 2.83 bits per heavy atom. The summed E-state index contributed by atoms with van der Waals surface area (Å²) in [5.74, 6) is 1.32. The lowest BCUT2D eigenvalue weighted by Crippen LogP contribution is -2.27. The molecule has 0 fully saturated rings. The van der Waals surface area contributed by atoms with E-state index >= 15 is 0 Å². The molecule has 0 aliphatic carbocycles. The maximum Gasteiger partial charge on any atom is 0.145 e. The number of benzene rings is 1. The molecule has 1 aromatic carbocycles. The number of aromatic nitrogens is 2. The van der Waals surface area contributed by atoms with Crippen LogP contribution in [-0.2, 0) is 6.54 Å². The summed E-state index contributed by atoms with van der Waals surface area (Å²) in [6.07, 6.45) is 0. The molecule has 5 heteroatoms. The van der Waals surface area contributed by atoms with Crippen LogP contribution < -0.4 is 11.1 Å². The fraction of sp³-hybridized carbons (Fsp3) is 0.385. The number of nitrogens with zero attached hydrogens (tertiary/aromatic N) is 3. The van der Waals surface area contributed by atoms with Gasteiger partial charge < -0.3 is 11.1 Å². The van der Waals surface area contributed by atoms with Gasteiger partial charge in [0.2, 0.25) is 0 Å². The maximum absolute atomic E-state index is 5.95. The van der Waals surface area contributed by atoms with Gasteiger partial charge in [0.25, 0.3) is 0 Å². The first-order valence-corrected chi connectivity index (χ1v) is 6.05. The van der Waals surface area contributed by atoms with E-state index in [4.69, 9.17) is 5.73 Å². The van der Waals surface area contributed by atoms with Gasteiger partial charge in [-0.15, -0.1) is 0 Å². The second kappa shape index (κ2) is 5.75. The number of fused-ring (bicyclic) bond motifs is 1. The van der Waals surface area contributed by atoms with Crippen LogP contribution in [0.4, 0.5) is 5.82 Å². The predicted octanol–water partition coefficient (Wildman–Crippen LogP) is 0.863. The van der Waals surface area contributed by atoms with Crippen LogP contribution in [0, 0.1) is 0 Å². The predicted molar refractivity (Wildman–Crippen MR) is 74.2 cm³/mol. The lowest BCUT2D eigenvalue weighted by Gasteiger charge is -2.15. The first-order valence-electron chi connectivity index (χ1n) is 6.05. The van der Waals surface area contributed by atoms with Crippen molar-refractivity contribution in [3.05, 3.63) is 30.1 Å². The fourth-order valence-corrected chi connectivity index (χ4v) is 1.84. The van der Waals surface area contributed by atoms with Crippen molar-refractivity contribution in [2.24, 2.45) is 0 Å². The Hall–Kier alpha value is -1.72. The number of rotatable bonds is 5. The summed E-state index contributed by atoms with van der Waals surface area (Å²) in [4.78, 5) is 11.1. The molecule has 0 saturated carbocycles. The molecular weight excluding hydrogens is 226 g/mol. The minimum absolute atomic E-state index is 0.553. The molecule has 2 aromatic rings. The first-order chi connectivity index (χ1) is 8.70. The van der Waals surface area contributed by atoms with Crippen LogP contribution in [0.2, 0.25) is 0 Å². The summed E-state index contributed by atoms with van der Waals surface area (Å²) in [6.45, 7) is 2.60. The monoisotopic (exact) mass is 245 g/mol. The highest BCUT2D eigenvalue weighted by Crippen LogP contribution is 2.17. The Balaban J connectivity index is 2.19. The molecule has 0 aliphatic heterocycles. The molecule has 3 N–H and O–H groups in total. The van der Waals surface area contributed by atoms with Gasteiger partial charge in [0.1, 0.15) is 11.6 Å². The van der Waals surface area contributed by atoms with Crippen LogP contribution in [0.1, 0.15) is 5.82 Å². The molecule has 0 saturated heterocycles. The summed E-state index contributed by atoms with van der Waals surface area (Å²) in [7, 11) is 3.99. The van der Waals surface area contributed by atoms with E-state index in [1.807, 2.05) is 38.4 Å². The number of hydrogen-bond acceptors (Lipinski definition) is 5. The third-order valence-corrected chi connectivity index (χ3v) is 2.83. The molecule has 2 rings (SSSR count). The SMILES string of the molecule is CNCCN(C)Cc1nc(N)c2ccccc2n1. The Morgan fingerprint density at radius 1 is 1.28 bits per heavy atom. The van der Waals surface area contributed by atoms with E-state index in [2.05, 4.69) is 20.2 Å². The van der Waals surface area contributed by atoms with E-state index in [1.165, 1.54) is 0 Å². The Morgan fingerprint density at radius 2 is 2.06 bits per heavy atom.